The van der Waals surface area contributed by atoms with Crippen molar-refractivity contribution in [2.24, 2.45) is 5.73 Å². The minimum Gasteiger partial charge on any atom is -0.380 e. The molecule has 1 aromatic rings. The van der Waals surface area contributed by atoms with E-state index in [1.54, 1.807) is 7.11 Å². The molecule has 3 nitrogen and oxygen atoms in total. The molecule has 0 saturated heterocycles. The summed E-state index contributed by atoms with van der Waals surface area (Å²) in [6, 6.07) is 2.28. The maximum absolute atomic E-state index is 6.04. The van der Waals surface area contributed by atoms with Crippen molar-refractivity contribution in [3.05, 3.63) is 24.0 Å². The molecule has 0 aliphatic rings. The smallest absolute Gasteiger partial charge is 0.0721 e. The first-order valence-corrected chi connectivity index (χ1v) is 5.61. The van der Waals surface area contributed by atoms with Gasteiger partial charge in [-0.25, -0.2) is 0 Å². The number of nitrogens with two attached hydrogens (primary N) is 1. The highest BCUT2D eigenvalue weighted by Crippen LogP contribution is 2.16. The van der Waals surface area contributed by atoms with Crippen LogP contribution in [-0.4, -0.2) is 17.8 Å². The van der Waals surface area contributed by atoms with Crippen LogP contribution in [0.2, 0.25) is 0 Å². The lowest BCUT2D eigenvalue weighted by Crippen LogP contribution is -2.13. The SMILES string of the molecule is CCCC(N)c1ccn(CC(C)OC)c1. The number of rotatable bonds is 6. The van der Waals surface area contributed by atoms with Crippen LogP contribution in [0.15, 0.2) is 18.5 Å². The van der Waals surface area contributed by atoms with Gasteiger partial charge >= 0.3 is 0 Å². The number of hydrogen-bond acceptors (Lipinski definition) is 2. The van der Waals surface area contributed by atoms with Crippen LogP contribution < -0.4 is 5.73 Å². The molecule has 0 radical (unpaired) electrons. The average Bonchev–Trinajstić information content (AvgIpc) is 2.66. The average molecular weight is 210 g/mol. The van der Waals surface area contributed by atoms with Crippen LogP contribution in [0, 0.1) is 0 Å². The van der Waals surface area contributed by atoms with Gasteiger partial charge in [-0.1, -0.05) is 13.3 Å². The molecule has 2 atom stereocenters. The molecule has 0 amide bonds. The lowest BCUT2D eigenvalue weighted by atomic mass is 10.1. The molecule has 86 valence electrons. The van der Waals surface area contributed by atoms with Crippen molar-refractivity contribution < 1.29 is 4.74 Å². The quantitative estimate of drug-likeness (QED) is 0.782. The van der Waals surface area contributed by atoms with E-state index in [1.807, 2.05) is 0 Å². The van der Waals surface area contributed by atoms with Crippen LogP contribution in [0.25, 0.3) is 0 Å². The molecule has 1 aromatic heterocycles. The molecule has 2 unspecified atom stereocenters. The molecule has 3 heteroatoms. The third kappa shape index (κ3) is 3.68. The zero-order chi connectivity index (χ0) is 11.3. The molecule has 1 rings (SSSR count). The Kier molecular flexibility index (Phi) is 4.85. The van der Waals surface area contributed by atoms with Gasteiger partial charge in [0.2, 0.25) is 0 Å². The molecule has 2 N–H and O–H groups in total. The summed E-state index contributed by atoms with van der Waals surface area (Å²) in [6.45, 7) is 5.10. The fourth-order valence-electron chi connectivity index (χ4n) is 1.64. The zero-order valence-electron chi connectivity index (χ0n) is 9.94. The summed E-state index contributed by atoms with van der Waals surface area (Å²) in [4.78, 5) is 0. The van der Waals surface area contributed by atoms with Gasteiger partial charge in [0.25, 0.3) is 0 Å². The van der Waals surface area contributed by atoms with Crippen molar-refractivity contribution in [1.29, 1.82) is 0 Å². The van der Waals surface area contributed by atoms with Crippen molar-refractivity contribution in [1.82, 2.24) is 4.57 Å². The topological polar surface area (TPSA) is 40.2 Å². The van der Waals surface area contributed by atoms with Crippen LogP contribution in [0.5, 0.6) is 0 Å². The normalized spacial score (nSPS) is 15.2. The van der Waals surface area contributed by atoms with Crippen molar-refractivity contribution >= 4 is 0 Å². The zero-order valence-corrected chi connectivity index (χ0v) is 9.94. The van der Waals surface area contributed by atoms with Crippen LogP contribution in [0.1, 0.15) is 38.3 Å². The molecule has 0 aromatic carbocycles. The molecule has 15 heavy (non-hydrogen) atoms. The van der Waals surface area contributed by atoms with Gasteiger partial charge in [-0.15, -0.1) is 0 Å². The lowest BCUT2D eigenvalue weighted by molar-refractivity contribution is 0.103. The van der Waals surface area contributed by atoms with Crippen molar-refractivity contribution in [3.8, 4) is 0 Å². The molecule has 0 bridgehead atoms. The van der Waals surface area contributed by atoms with Gasteiger partial charge < -0.3 is 15.0 Å². The summed E-state index contributed by atoms with van der Waals surface area (Å²) in [6.07, 6.45) is 6.61. The van der Waals surface area contributed by atoms with Gasteiger partial charge in [0.05, 0.1) is 6.10 Å². The largest absolute Gasteiger partial charge is 0.380 e. The van der Waals surface area contributed by atoms with Crippen molar-refractivity contribution in [2.75, 3.05) is 7.11 Å². The van der Waals surface area contributed by atoms with E-state index >= 15 is 0 Å². The second-order valence-electron chi connectivity index (χ2n) is 4.08. The highest BCUT2D eigenvalue weighted by atomic mass is 16.5. The second kappa shape index (κ2) is 5.93. The molecule has 1 heterocycles. The number of aromatic nitrogens is 1. The summed E-state index contributed by atoms with van der Waals surface area (Å²) >= 11 is 0. The molecular weight excluding hydrogens is 188 g/mol. The van der Waals surface area contributed by atoms with Crippen LogP contribution in [0.4, 0.5) is 0 Å². The first-order valence-electron chi connectivity index (χ1n) is 5.61. The van der Waals surface area contributed by atoms with Gasteiger partial charge in [-0.3, -0.25) is 0 Å². The molecular formula is C12H22N2O. The van der Waals surface area contributed by atoms with Gasteiger partial charge in [0.1, 0.15) is 0 Å². The Hall–Kier alpha value is -0.800. The van der Waals surface area contributed by atoms with Crippen LogP contribution >= 0.6 is 0 Å². The summed E-state index contributed by atoms with van der Waals surface area (Å²) in [7, 11) is 1.73. The Labute approximate surface area is 92.2 Å². The Morgan fingerprint density at radius 3 is 2.87 bits per heavy atom. The number of nitrogens with zero attached hydrogens (tertiary/aromatic N) is 1. The lowest BCUT2D eigenvalue weighted by Gasteiger charge is -2.11. The standard InChI is InChI=1S/C12H22N2O/c1-4-5-12(13)11-6-7-14(9-11)8-10(2)15-3/h6-7,9-10,12H,4-5,8,13H2,1-3H3. The molecule has 0 saturated carbocycles. The van der Waals surface area contributed by atoms with E-state index in [2.05, 4.69) is 36.9 Å². The fraction of sp³-hybridized carbons (Fsp3) is 0.667. The van der Waals surface area contributed by atoms with Gasteiger partial charge in [-0.05, 0) is 25.0 Å². The van der Waals surface area contributed by atoms with Gasteiger partial charge in [0.15, 0.2) is 0 Å². The van der Waals surface area contributed by atoms with Crippen molar-refractivity contribution in [2.45, 2.75) is 45.4 Å². The number of hydrogen-bond donors (Lipinski definition) is 1. The Balaban J connectivity index is 2.55. The van der Waals surface area contributed by atoms with E-state index < -0.39 is 0 Å². The van der Waals surface area contributed by atoms with E-state index in [0.717, 1.165) is 19.4 Å². The van der Waals surface area contributed by atoms with Gasteiger partial charge in [0, 0.05) is 32.1 Å². The highest BCUT2D eigenvalue weighted by molar-refractivity contribution is 5.14. The summed E-state index contributed by atoms with van der Waals surface area (Å²) in [5.41, 5.74) is 7.26. The molecule has 0 aliphatic heterocycles. The highest BCUT2D eigenvalue weighted by Gasteiger charge is 2.07. The first kappa shape index (κ1) is 12.3. The predicted molar refractivity (Wildman–Crippen MR) is 62.7 cm³/mol. The summed E-state index contributed by atoms with van der Waals surface area (Å²) in [5.74, 6) is 0. The van der Waals surface area contributed by atoms with E-state index in [1.165, 1.54) is 5.56 Å². The van der Waals surface area contributed by atoms with Crippen LogP contribution in [0.3, 0.4) is 0 Å². The summed E-state index contributed by atoms with van der Waals surface area (Å²) in [5, 5.41) is 0. The Morgan fingerprint density at radius 2 is 2.27 bits per heavy atom. The van der Waals surface area contributed by atoms with Crippen LogP contribution in [-0.2, 0) is 11.3 Å². The fourth-order valence-corrected chi connectivity index (χ4v) is 1.64. The van der Waals surface area contributed by atoms with E-state index in [9.17, 15) is 0 Å². The second-order valence-corrected chi connectivity index (χ2v) is 4.08. The molecule has 0 fully saturated rings. The van der Waals surface area contributed by atoms with E-state index in [-0.39, 0.29) is 12.1 Å². The Morgan fingerprint density at radius 1 is 1.53 bits per heavy atom. The minimum atomic E-state index is 0.175. The third-order valence-electron chi connectivity index (χ3n) is 2.67. The number of ether oxygens (including phenoxy) is 1. The van der Waals surface area contributed by atoms with Gasteiger partial charge in [-0.2, -0.15) is 0 Å². The molecule has 0 aliphatic carbocycles. The predicted octanol–water partition coefficient (Wildman–Crippen LogP) is 2.32. The Bertz CT molecular complexity index is 283. The summed E-state index contributed by atoms with van der Waals surface area (Å²) < 4.78 is 7.36. The molecule has 0 spiro atoms. The van der Waals surface area contributed by atoms with Crippen molar-refractivity contribution in [3.63, 3.8) is 0 Å². The van der Waals surface area contributed by atoms with E-state index in [4.69, 9.17) is 10.5 Å². The third-order valence-corrected chi connectivity index (χ3v) is 2.67. The number of methoxy groups -OCH3 is 1. The minimum absolute atomic E-state index is 0.175. The maximum atomic E-state index is 6.04. The maximum Gasteiger partial charge on any atom is 0.0721 e. The first-order chi connectivity index (χ1) is 7.17. The van der Waals surface area contributed by atoms with E-state index in [0.29, 0.717) is 0 Å². The monoisotopic (exact) mass is 210 g/mol.